The fraction of sp³-hybridized carbons (Fsp3) is 0.667. The largest absolute Gasteiger partial charge is 0.394 e. The second-order valence-electron chi connectivity index (χ2n) is 2.73. The van der Waals surface area contributed by atoms with Crippen molar-refractivity contribution in [2.45, 2.75) is 20.4 Å². The van der Waals surface area contributed by atoms with E-state index < -0.39 is 0 Å². The molecule has 0 spiro atoms. The van der Waals surface area contributed by atoms with E-state index in [1.54, 1.807) is 10.9 Å². The molecule has 0 aliphatic heterocycles. The summed E-state index contributed by atoms with van der Waals surface area (Å²) in [6.07, 6.45) is 1.64. The maximum atomic E-state index is 8.80. The zero-order valence-corrected chi connectivity index (χ0v) is 8.19. The predicted molar refractivity (Wildman–Crippen MR) is 51.7 cm³/mol. The lowest BCUT2D eigenvalue weighted by Gasteiger charge is -2.21. The third kappa shape index (κ3) is 2.21. The zero-order valence-electron chi connectivity index (χ0n) is 8.19. The number of anilines is 1. The molecule has 0 aromatic carbocycles. The average molecular weight is 182 g/mol. The van der Waals surface area contributed by atoms with Crippen LogP contribution in [-0.2, 0) is 6.54 Å². The fourth-order valence-corrected chi connectivity index (χ4v) is 1.32. The van der Waals surface area contributed by atoms with Gasteiger partial charge in [0.05, 0.1) is 19.3 Å². The van der Waals surface area contributed by atoms with Gasteiger partial charge in [-0.3, -0.25) is 0 Å². The molecule has 73 valence electrons. The lowest BCUT2D eigenvalue weighted by Crippen LogP contribution is -2.25. The summed E-state index contributed by atoms with van der Waals surface area (Å²) < 4.78 is 1.77. The molecular weight excluding hydrogens is 166 g/mol. The van der Waals surface area contributed by atoms with Crippen molar-refractivity contribution in [3.05, 3.63) is 12.3 Å². The van der Waals surface area contributed by atoms with Crippen LogP contribution in [0, 0.1) is 6.07 Å². The van der Waals surface area contributed by atoms with Crippen molar-refractivity contribution in [3.8, 4) is 0 Å². The number of hydrogen-bond donors (Lipinski definition) is 1. The van der Waals surface area contributed by atoms with E-state index in [-0.39, 0.29) is 6.61 Å². The van der Waals surface area contributed by atoms with E-state index in [0.29, 0.717) is 6.54 Å². The van der Waals surface area contributed by atoms with Crippen molar-refractivity contribution in [2.24, 2.45) is 0 Å². The van der Waals surface area contributed by atoms with Gasteiger partial charge >= 0.3 is 0 Å². The Morgan fingerprint density at radius 2 is 2.23 bits per heavy atom. The maximum absolute atomic E-state index is 8.80. The zero-order chi connectivity index (χ0) is 9.68. The summed E-state index contributed by atoms with van der Waals surface area (Å²) in [7, 11) is 0. The predicted octanol–water partition coefficient (Wildman–Crippen LogP) is 0.522. The molecule has 1 aromatic rings. The van der Waals surface area contributed by atoms with Gasteiger partial charge in [0.1, 0.15) is 5.82 Å². The van der Waals surface area contributed by atoms with E-state index in [2.05, 4.69) is 29.9 Å². The van der Waals surface area contributed by atoms with Crippen LogP contribution >= 0.6 is 0 Å². The van der Waals surface area contributed by atoms with Crippen LogP contribution in [0.4, 0.5) is 5.82 Å². The molecule has 1 radical (unpaired) electrons. The molecule has 0 atom stereocenters. The summed E-state index contributed by atoms with van der Waals surface area (Å²) in [6.45, 7) is 6.70. The van der Waals surface area contributed by atoms with Crippen LogP contribution in [0.2, 0.25) is 0 Å². The Labute approximate surface area is 78.8 Å². The standard InChI is InChI=1S/C9H16N3O/c1-3-11(4-2)9-5-6-10-12(9)7-8-13/h6,13H,3-4,7-8H2,1-2H3. The van der Waals surface area contributed by atoms with Crippen LogP contribution in [0.1, 0.15) is 13.8 Å². The normalized spacial score (nSPS) is 10.4. The van der Waals surface area contributed by atoms with Crippen LogP contribution in [0.25, 0.3) is 0 Å². The second-order valence-corrected chi connectivity index (χ2v) is 2.73. The summed E-state index contributed by atoms with van der Waals surface area (Å²) in [6, 6.07) is 3.06. The summed E-state index contributed by atoms with van der Waals surface area (Å²) in [5.41, 5.74) is 0. The Morgan fingerprint density at radius 3 is 2.77 bits per heavy atom. The Morgan fingerprint density at radius 1 is 1.54 bits per heavy atom. The topological polar surface area (TPSA) is 41.3 Å². The maximum Gasteiger partial charge on any atom is 0.135 e. The lowest BCUT2D eigenvalue weighted by molar-refractivity contribution is 0.269. The van der Waals surface area contributed by atoms with Gasteiger partial charge in [0, 0.05) is 19.2 Å². The molecule has 0 aliphatic carbocycles. The van der Waals surface area contributed by atoms with Crippen LogP contribution in [0.15, 0.2) is 6.20 Å². The van der Waals surface area contributed by atoms with Crippen molar-refractivity contribution in [1.29, 1.82) is 0 Å². The van der Waals surface area contributed by atoms with Crippen molar-refractivity contribution < 1.29 is 5.11 Å². The number of aliphatic hydroxyl groups excluding tert-OH is 1. The first kappa shape index (κ1) is 10.1. The van der Waals surface area contributed by atoms with E-state index in [0.717, 1.165) is 18.9 Å². The van der Waals surface area contributed by atoms with Crippen LogP contribution in [-0.4, -0.2) is 34.6 Å². The first-order valence-corrected chi connectivity index (χ1v) is 4.62. The number of aliphatic hydroxyl groups is 1. The highest BCUT2D eigenvalue weighted by Crippen LogP contribution is 2.11. The Kier molecular flexibility index (Phi) is 3.76. The molecule has 0 saturated carbocycles. The van der Waals surface area contributed by atoms with Gasteiger partial charge in [-0.25, -0.2) is 4.68 Å². The third-order valence-corrected chi connectivity index (χ3v) is 2.01. The van der Waals surface area contributed by atoms with Gasteiger partial charge < -0.3 is 10.0 Å². The Balaban J connectivity index is 2.78. The Hall–Kier alpha value is -1.03. The van der Waals surface area contributed by atoms with Gasteiger partial charge in [0.15, 0.2) is 0 Å². The minimum absolute atomic E-state index is 0.115. The molecule has 1 heterocycles. The molecule has 1 rings (SSSR count). The van der Waals surface area contributed by atoms with Crippen molar-refractivity contribution in [3.63, 3.8) is 0 Å². The molecule has 0 bridgehead atoms. The van der Waals surface area contributed by atoms with Crippen molar-refractivity contribution in [2.75, 3.05) is 24.6 Å². The van der Waals surface area contributed by atoms with E-state index in [9.17, 15) is 0 Å². The van der Waals surface area contributed by atoms with E-state index in [1.807, 2.05) is 0 Å². The van der Waals surface area contributed by atoms with Gasteiger partial charge in [0.2, 0.25) is 0 Å². The number of aromatic nitrogens is 2. The molecule has 0 amide bonds. The quantitative estimate of drug-likeness (QED) is 0.722. The van der Waals surface area contributed by atoms with Crippen LogP contribution in [0.5, 0.6) is 0 Å². The molecule has 4 nitrogen and oxygen atoms in total. The monoisotopic (exact) mass is 182 g/mol. The van der Waals surface area contributed by atoms with Gasteiger partial charge in [-0.15, -0.1) is 0 Å². The summed E-state index contributed by atoms with van der Waals surface area (Å²) in [4.78, 5) is 2.16. The average Bonchev–Trinajstić information content (AvgIpc) is 2.57. The first-order valence-electron chi connectivity index (χ1n) is 4.62. The smallest absolute Gasteiger partial charge is 0.135 e. The molecule has 13 heavy (non-hydrogen) atoms. The summed E-state index contributed by atoms with van der Waals surface area (Å²) in [5.74, 6) is 0.957. The molecule has 0 fully saturated rings. The van der Waals surface area contributed by atoms with Gasteiger partial charge in [-0.05, 0) is 13.8 Å². The number of rotatable bonds is 5. The second kappa shape index (κ2) is 4.87. The summed E-state index contributed by atoms with van der Waals surface area (Å²) >= 11 is 0. The minimum Gasteiger partial charge on any atom is -0.394 e. The van der Waals surface area contributed by atoms with E-state index in [1.165, 1.54) is 0 Å². The third-order valence-electron chi connectivity index (χ3n) is 2.01. The highest BCUT2D eigenvalue weighted by molar-refractivity contribution is 5.36. The fourth-order valence-electron chi connectivity index (χ4n) is 1.32. The minimum atomic E-state index is 0.115. The Bertz CT molecular complexity index is 243. The number of hydrogen-bond acceptors (Lipinski definition) is 3. The van der Waals surface area contributed by atoms with Crippen LogP contribution in [0.3, 0.4) is 0 Å². The molecule has 1 aromatic heterocycles. The molecule has 0 unspecified atom stereocenters. The van der Waals surface area contributed by atoms with Crippen molar-refractivity contribution in [1.82, 2.24) is 9.78 Å². The van der Waals surface area contributed by atoms with E-state index in [4.69, 9.17) is 5.11 Å². The highest BCUT2D eigenvalue weighted by atomic mass is 16.3. The molecular formula is C9H16N3O. The number of nitrogens with zero attached hydrogens (tertiary/aromatic N) is 3. The molecule has 4 heteroatoms. The molecule has 0 saturated heterocycles. The van der Waals surface area contributed by atoms with Crippen molar-refractivity contribution >= 4 is 5.82 Å². The molecule has 0 aliphatic rings. The lowest BCUT2D eigenvalue weighted by atomic mass is 10.4. The first-order chi connectivity index (χ1) is 6.33. The summed E-state index contributed by atoms with van der Waals surface area (Å²) in [5, 5.41) is 12.9. The van der Waals surface area contributed by atoms with Gasteiger partial charge in [-0.1, -0.05) is 0 Å². The SMILES string of the molecule is CCN(CC)c1[c]cnn1CCO. The van der Waals surface area contributed by atoms with E-state index >= 15 is 0 Å². The van der Waals surface area contributed by atoms with Crippen LogP contribution < -0.4 is 4.90 Å². The van der Waals surface area contributed by atoms with Gasteiger partial charge in [0.25, 0.3) is 0 Å². The van der Waals surface area contributed by atoms with Gasteiger partial charge in [-0.2, -0.15) is 5.10 Å². The highest BCUT2D eigenvalue weighted by Gasteiger charge is 2.07. The molecule has 1 N–H and O–H groups in total.